The first-order valence-electron chi connectivity index (χ1n) is 8.75. The van der Waals surface area contributed by atoms with Crippen LogP contribution in [-0.2, 0) is 21.0 Å². The van der Waals surface area contributed by atoms with Crippen LogP contribution >= 0.6 is 11.8 Å². The number of sulfonamides is 1. The summed E-state index contributed by atoms with van der Waals surface area (Å²) in [4.78, 5) is 12.1. The van der Waals surface area contributed by atoms with Crippen molar-refractivity contribution >= 4 is 32.7 Å². The van der Waals surface area contributed by atoms with Gasteiger partial charge in [-0.05, 0) is 18.4 Å². The highest BCUT2D eigenvalue weighted by atomic mass is 32.3. The zero-order chi connectivity index (χ0) is 21.7. The van der Waals surface area contributed by atoms with Crippen molar-refractivity contribution in [2.24, 2.45) is 0 Å². The second-order valence-corrected chi connectivity index (χ2v) is 10.4. The minimum atomic E-state index is -4.70. The van der Waals surface area contributed by atoms with Crippen LogP contribution in [-0.4, -0.2) is 34.8 Å². The van der Waals surface area contributed by atoms with E-state index in [1.165, 1.54) is 6.08 Å². The number of allylic oxidation sites excluding steroid dienone is 1. The van der Waals surface area contributed by atoms with Crippen molar-refractivity contribution in [3.8, 4) is 0 Å². The SMILES string of the molecule is O=C(O)C1(NS(=O)(=O)C2CC=C(c3cc(C(F)(F)F)on3)S2)CC1c1ccccc1. The van der Waals surface area contributed by atoms with Gasteiger partial charge in [-0.1, -0.05) is 41.6 Å². The molecule has 4 rings (SSSR count). The lowest BCUT2D eigenvalue weighted by Gasteiger charge is -2.19. The average Bonchev–Trinajstić information content (AvgIpc) is 3.05. The van der Waals surface area contributed by atoms with Gasteiger partial charge in [-0.2, -0.15) is 17.9 Å². The lowest BCUT2D eigenvalue weighted by molar-refractivity contribution is -0.155. The molecule has 1 saturated carbocycles. The molecular weight excluding hydrogens is 445 g/mol. The van der Waals surface area contributed by atoms with Crippen molar-refractivity contribution in [3.63, 3.8) is 0 Å². The van der Waals surface area contributed by atoms with E-state index in [4.69, 9.17) is 0 Å². The molecule has 2 N–H and O–H groups in total. The van der Waals surface area contributed by atoms with Crippen LogP contribution in [0.1, 0.15) is 35.8 Å². The van der Waals surface area contributed by atoms with E-state index in [9.17, 15) is 31.5 Å². The van der Waals surface area contributed by atoms with Crippen LogP contribution in [0.5, 0.6) is 0 Å². The number of hydrogen-bond acceptors (Lipinski definition) is 6. The van der Waals surface area contributed by atoms with E-state index in [1.807, 2.05) is 0 Å². The molecule has 0 bridgehead atoms. The molecule has 0 spiro atoms. The van der Waals surface area contributed by atoms with E-state index >= 15 is 0 Å². The Kier molecular flexibility index (Phi) is 4.98. The number of benzene rings is 1. The summed E-state index contributed by atoms with van der Waals surface area (Å²) in [6, 6.07) is 9.42. The summed E-state index contributed by atoms with van der Waals surface area (Å²) in [5, 5.41) is 13.0. The number of carboxylic acid groups (broad SMARTS) is 1. The maximum Gasteiger partial charge on any atom is 0.452 e. The van der Waals surface area contributed by atoms with Gasteiger partial charge < -0.3 is 9.63 Å². The smallest absolute Gasteiger partial charge is 0.452 e. The number of carbonyl (C=O) groups is 1. The molecule has 3 unspecified atom stereocenters. The van der Waals surface area contributed by atoms with Gasteiger partial charge in [0.2, 0.25) is 15.8 Å². The second-order valence-electron chi connectivity index (χ2n) is 7.02. The lowest BCUT2D eigenvalue weighted by atomic mass is 10.1. The average molecular weight is 460 g/mol. The molecule has 7 nitrogen and oxygen atoms in total. The van der Waals surface area contributed by atoms with Gasteiger partial charge in [0.15, 0.2) is 0 Å². The summed E-state index contributed by atoms with van der Waals surface area (Å²) in [5.74, 6) is -3.06. The maximum atomic E-state index is 12.9. The van der Waals surface area contributed by atoms with Crippen LogP contribution in [0.15, 0.2) is 47.0 Å². The first-order valence-corrected chi connectivity index (χ1v) is 11.2. The van der Waals surface area contributed by atoms with E-state index in [1.54, 1.807) is 30.3 Å². The third-order valence-electron chi connectivity index (χ3n) is 5.01. The second kappa shape index (κ2) is 7.13. The summed E-state index contributed by atoms with van der Waals surface area (Å²) in [6.07, 6.45) is -3.15. The molecule has 160 valence electrons. The molecule has 30 heavy (non-hydrogen) atoms. The third kappa shape index (κ3) is 3.74. The van der Waals surface area contributed by atoms with Gasteiger partial charge in [-0.15, -0.1) is 11.8 Å². The van der Waals surface area contributed by atoms with Crippen molar-refractivity contribution in [3.05, 3.63) is 59.5 Å². The zero-order valence-electron chi connectivity index (χ0n) is 15.1. The maximum absolute atomic E-state index is 12.9. The summed E-state index contributed by atoms with van der Waals surface area (Å²) in [6.45, 7) is 0. The monoisotopic (exact) mass is 460 g/mol. The molecule has 1 aromatic heterocycles. The number of nitrogens with zero attached hydrogens (tertiary/aromatic N) is 1. The fourth-order valence-corrected chi connectivity index (χ4v) is 6.53. The highest BCUT2D eigenvalue weighted by Gasteiger charge is 2.63. The van der Waals surface area contributed by atoms with Gasteiger partial charge in [0.05, 0.1) is 0 Å². The Bertz CT molecular complexity index is 1110. The number of thioether (sulfide) groups is 1. The molecule has 2 heterocycles. The van der Waals surface area contributed by atoms with Crippen molar-refractivity contribution in [1.29, 1.82) is 0 Å². The van der Waals surface area contributed by atoms with Gasteiger partial charge in [-0.3, -0.25) is 4.79 Å². The van der Waals surface area contributed by atoms with Gasteiger partial charge >= 0.3 is 12.1 Å². The summed E-state index contributed by atoms with van der Waals surface area (Å²) < 4.78 is 69.3. The Balaban J connectivity index is 1.48. The van der Waals surface area contributed by atoms with E-state index in [0.29, 0.717) is 11.6 Å². The molecule has 0 radical (unpaired) electrons. The summed E-state index contributed by atoms with van der Waals surface area (Å²) in [7, 11) is -4.10. The largest absolute Gasteiger partial charge is 0.480 e. The minimum absolute atomic E-state index is 0.00472. The predicted molar refractivity (Wildman–Crippen MR) is 102 cm³/mol. The summed E-state index contributed by atoms with van der Waals surface area (Å²) >= 11 is 0.800. The van der Waals surface area contributed by atoms with Crippen molar-refractivity contribution in [2.45, 2.75) is 35.1 Å². The first kappa shape index (κ1) is 20.9. The highest BCUT2D eigenvalue weighted by Crippen LogP contribution is 2.53. The first-order chi connectivity index (χ1) is 14.0. The highest BCUT2D eigenvalue weighted by molar-refractivity contribution is 8.18. The molecule has 1 aliphatic heterocycles. The van der Waals surface area contributed by atoms with Gasteiger partial charge in [-0.25, -0.2) is 8.42 Å². The van der Waals surface area contributed by atoms with Crippen LogP contribution in [0.4, 0.5) is 13.2 Å². The van der Waals surface area contributed by atoms with Crippen LogP contribution in [0.25, 0.3) is 4.91 Å². The Morgan fingerprint density at radius 3 is 2.60 bits per heavy atom. The molecule has 0 saturated heterocycles. The fraction of sp³-hybridized carbons (Fsp3) is 0.333. The zero-order valence-corrected chi connectivity index (χ0v) is 16.7. The van der Waals surface area contributed by atoms with Crippen molar-refractivity contribution in [1.82, 2.24) is 9.88 Å². The fourth-order valence-electron chi connectivity index (χ4n) is 3.38. The van der Waals surface area contributed by atoms with E-state index in [0.717, 1.165) is 11.8 Å². The van der Waals surface area contributed by atoms with Crippen LogP contribution in [0.2, 0.25) is 0 Å². The topological polar surface area (TPSA) is 110 Å². The quantitative estimate of drug-likeness (QED) is 0.680. The molecule has 1 fully saturated rings. The Morgan fingerprint density at radius 1 is 1.30 bits per heavy atom. The molecule has 12 heteroatoms. The Morgan fingerprint density at radius 2 is 2.00 bits per heavy atom. The minimum Gasteiger partial charge on any atom is -0.480 e. The number of hydrogen-bond donors (Lipinski definition) is 2. The molecule has 3 atom stereocenters. The van der Waals surface area contributed by atoms with Crippen molar-refractivity contribution < 1.29 is 36.0 Å². The number of aromatic nitrogens is 1. The Hall–Kier alpha value is -2.31. The standard InChI is InChI=1S/C18H15F3N2O5S2/c19-18(20,21)14-8-12(22-28-14)13-6-7-15(29-13)30(26,27)23-17(16(24)25)9-11(17)10-4-2-1-3-5-10/h1-6,8,11,15,23H,7,9H2,(H,24,25). The lowest BCUT2D eigenvalue weighted by Crippen LogP contribution is -2.47. The molecule has 1 aliphatic carbocycles. The number of alkyl halides is 3. The Labute approximate surface area is 173 Å². The summed E-state index contributed by atoms with van der Waals surface area (Å²) in [5.41, 5.74) is -1.05. The van der Waals surface area contributed by atoms with Crippen LogP contribution in [0.3, 0.4) is 0 Å². The van der Waals surface area contributed by atoms with E-state index in [-0.39, 0.29) is 23.4 Å². The number of aliphatic carboxylic acids is 1. The normalized spacial score (nSPS) is 26.4. The number of rotatable bonds is 6. The molecule has 1 aromatic carbocycles. The van der Waals surface area contributed by atoms with Gasteiger partial charge in [0, 0.05) is 16.9 Å². The predicted octanol–water partition coefficient (Wildman–Crippen LogP) is 3.43. The molecule has 2 aromatic rings. The number of halogens is 3. The van der Waals surface area contributed by atoms with E-state index in [2.05, 4.69) is 14.4 Å². The van der Waals surface area contributed by atoms with Crippen LogP contribution < -0.4 is 4.72 Å². The van der Waals surface area contributed by atoms with Gasteiger partial charge in [0.1, 0.15) is 15.8 Å². The molecular formula is C18H15F3N2O5S2. The number of carboxylic acids is 1. The third-order valence-corrected chi connectivity index (χ3v) is 8.68. The van der Waals surface area contributed by atoms with Gasteiger partial charge in [0.25, 0.3) is 0 Å². The molecule has 2 aliphatic rings. The number of nitrogens with one attached hydrogen (secondary N) is 1. The van der Waals surface area contributed by atoms with E-state index < -0.39 is 44.0 Å². The van der Waals surface area contributed by atoms with Crippen LogP contribution in [0, 0.1) is 0 Å². The molecule has 0 amide bonds. The van der Waals surface area contributed by atoms with Crippen molar-refractivity contribution in [2.75, 3.05) is 0 Å².